The van der Waals surface area contributed by atoms with Gasteiger partial charge in [0.15, 0.2) is 0 Å². The van der Waals surface area contributed by atoms with Gasteiger partial charge in [-0.25, -0.2) is 4.98 Å². The number of piperidine rings is 1. The zero-order valence-corrected chi connectivity index (χ0v) is 11.8. The Hall–Kier alpha value is -2.11. The van der Waals surface area contributed by atoms with Crippen LogP contribution in [0.5, 0.6) is 5.88 Å². The van der Waals surface area contributed by atoms with Crippen LogP contribution in [0.25, 0.3) is 0 Å². The van der Waals surface area contributed by atoms with Gasteiger partial charge in [-0.2, -0.15) is 0 Å². The monoisotopic (exact) mass is 277 g/mol. The molecule has 1 saturated heterocycles. The van der Waals surface area contributed by atoms with Crippen molar-refractivity contribution in [3.63, 3.8) is 0 Å². The van der Waals surface area contributed by atoms with Gasteiger partial charge in [0.1, 0.15) is 5.69 Å². The summed E-state index contributed by atoms with van der Waals surface area (Å²) in [5.41, 5.74) is 0.578. The fourth-order valence-corrected chi connectivity index (χ4v) is 2.34. The van der Waals surface area contributed by atoms with Gasteiger partial charge < -0.3 is 15.0 Å². The van der Waals surface area contributed by atoms with Crippen molar-refractivity contribution in [2.24, 2.45) is 5.92 Å². The summed E-state index contributed by atoms with van der Waals surface area (Å²) in [5, 5.41) is 2.85. The lowest BCUT2D eigenvalue weighted by atomic mass is 9.96. The van der Waals surface area contributed by atoms with E-state index in [2.05, 4.69) is 10.3 Å². The van der Waals surface area contributed by atoms with Gasteiger partial charge in [-0.1, -0.05) is 0 Å². The fraction of sp³-hybridized carbons (Fsp3) is 0.500. The molecule has 108 valence electrons. The molecule has 1 aromatic rings. The smallest absolute Gasteiger partial charge is 0.237 e. The predicted octanol–water partition coefficient (Wildman–Crippen LogP) is 1.29. The van der Waals surface area contributed by atoms with Gasteiger partial charge in [0, 0.05) is 32.1 Å². The van der Waals surface area contributed by atoms with Crippen LogP contribution in [0.4, 0.5) is 5.69 Å². The Kier molecular flexibility index (Phi) is 4.55. The summed E-state index contributed by atoms with van der Waals surface area (Å²) in [6.07, 6.45) is 2.99. The summed E-state index contributed by atoms with van der Waals surface area (Å²) in [5.74, 6) is 0.356. The number of hydrogen-bond donors (Lipinski definition) is 1. The summed E-state index contributed by atoms with van der Waals surface area (Å²) in [4.78, 5) is 29.3. The van der Waals surface area contributed by atoms with E-state index in [1.165, 1.54) is 7.11 Å². The number of carbonyl (C=O) groups excluding carboxylic acids is 2. The molecule has 1 N–H and O–H groups in total. The molecule has 2 heterocycles. The number of ether oxygens (including phenoxy) is 1. The summed E-state index contributed by atoms with van der Waals surface area (Å²) in [6.45, 7) is 2.83. The zero-order valence-electron chi connectivity index (χ0n) is 11.8. The number of nitrogens with one attached hydrogen (secondary N) is 1. The second-order valence-corrected chi connectivity index (χ2v) is 4.83. The van der Waals surface area contributed by atoms with Crippen LogP contribution in [-0.4, -0.2) is 41.9 Å². The van der Waals surface area contributed by atoms with E-state index in [-0.39, 0.29) is 17.7 Å². The van der Waals surface area contributed by atoms with Crippen LogP contribution in [-0.2, 0) is 9.59 Å². The van der Waals surface area contributed by atoms with Crippen molar-refractivity contribution in [3.8, 4) is 5.88 Å². The maximum absolute atomic E-state index is 12.2. The molecule has 1 aromatic heterocycles. The molecular formula is C14H19N3O3. The highest BCUT2D eigenvalue weighted by molar-refractivity contribution is 5.93. The van der Waals surface area contributed by atoms with E-state index in [1.54, 1.807) is 30.2 Å². The van der Waals surface area contributed by atoms with E-state index in [0.717, 1.165) is 0 Å². The summed E-state index contributed by atoms with van der Waals surface area (Å²) in [7, 11) is 1.52. The van der Waals surface area contributed by atoms with Crippen molar-refractivity contribution < 1.29 is 14.3 Å². The third kappa shape index (κ3) is 3.26. The van der Waals surface area contributed by atoms with Crippen LogP contribution in [0.3, 0.4) is 0 Å². The van der Waals surface area contributed by atoms with E-state index in [9.17, 15) is 9.59 Å². The quantitative estimate of drug-likeness (QED) is 0.903. The normalized spacial score (nSPS) is 15.8. The topological polar surface area (TPSA) is 71.5 Å². The Labute approximate surface area is 118 Å². The van der Waals surface area contributed by atoms with Crippen molar-refractivity contribution in [1.82, 2.24) is 9.88 Å². The molecule has 0 aliphatic carbocycles. The van der Waals surface area contributed by atoms with E-state index >= 15 is 0 Å². The zero-order chi connectivity index (χ0) is 14.5. The van der Waals surface area contributed by atoms with E-state index in [0.29, 0.717) is 37.5 Å². The second kappa shape index (κ2) is 6.36. The van der Waals surface area contributed by atoms with Crippen LogP contribution in [0.15, 0.2) is 18.3 Å². The van der Waals surface area contributed by atoms with E-state index in [4.69, 9.17) is 4.74 Å². The highest BCUT2D eigenvalue weighted by Crippen LogP contribution is 2.23. The predicted molar refractivity (Wildman–Crippen MR) is 74.4 cm³/mol. The van der Waals surface area contributed by atoms with Gasteiger partial charge in [0.2, 0.25) is 17.7 Å². The lowest BCUT2D eigenvalue weighted by Crippen LogP contribution is -2.40. The van der Waals surface area contributed by atoms with Crippen molar-refractivity contribution in [1.29, 1.82) is 0 Å². The molecule has 0 unspecified atom stereocenters. The number of hydrogen-bond acceptors (Lipinski definition) is 4. The molecule has 0 atom stereocenters. The van der Waals surface area contributed by atoms with Crippen LogP contribution in [0, 0.1) is 5.92 Å². The van der Waals surface area contributed by atoms with Crippen molar-refractivity contribution in [3.05, 3.63) is 18.3 Å². The third-order valence-electron chi connectivity index (χ3n) is 3.53. The average Bonchev–Trinajstić information content (AvgIpc) is 2.48. The first-order chi connectivity index (χ1) is 9.61. The summed E-state index contributed by atoms with van der Waals surface area (Å²) in [6, 6.07) is 3.50. The summed E-state index contributed by atoms with van der Waals surface area (Å²) < 4.78 is 5.10. The van der Waals surface area contributed by atoms with Gasteiger partial charge in [-0.15, -0.1) is 0 Å². The van der Waals surface area contributed by atoms with Gasteiger partial charge in [0.05, 0.1) is 7.11 Å². The first-order valence-electron chi connectivity index (χ1n) is 6.67. The third-order valence-corrected chi connectivity index (χ3v) is 3.53. The minimum absolute atomic E-state index is 0.0421. The SMILES string of the molecule is COc1ncccc1NC(=O)C1CCN(C(C)=O)CC1. The molecule has 0 saturated carbocycles. The van der Waals surface area contributed by atoms with E-state index < -0.39 is 0 Å². The number of nitrogens with zero attached hydrogens (tertiary/aromatic N) is 2. The Morgan fingerprint density at radius 2 is 2.10 bits per heavy atom. The number of rotatable bonds is 3. The Bertz CT molecular complexity index is 496. The Morgan fingerprint density at radius 1 is 1.40 bits per heavy atom. The molecule has 0 radical (unpaired) electrons. The first kappa shape index (κ1) is 14.3. The average molecular weight is 277 g/mol. The molecule has 20 heavy (non-hydrogen) atoms. The lowest BCUT2D eigenvalue weighted by molar-refractivity contribution is -0.132. The van der Waals surface area contributed by atoms with Crippen LogP contribution < -0.4 is 10.1 Å². The maximum atomic E-state index is 12.2. The molecule has 1 aliphatic rings. The number of pyridine rings is 1. The molecule has 1 fully saturated rings. The molecule has 6 heteroatoms. The molecule has 1 aliphatic heterocycles. The highest BCUT2D eigenvalue weighted by atomic mass is 16.5. The maximum Gasteiger partial charge on any atom is 0.237 e. The van der Waals surface area contributed by atoms with Gasteiger partial charge in [0.25, 0.3) is 0 Å². The van der Waals surface area contributed by atoms with E-state index in [1.807, 2.05) is 0 Å². The molecule has 0 aromatic carbocycles. The number of amides is 2. The largest absolute Gasteiger partial charge is 0.480 e. The van der Waals surface area contributed by atoms with Crippen molar-refractivity contribution in [2.75, 3.05) is 25.5 Å². The lowest BCUT2D eigenvalue weighted by Gasteiger charge is -2.30. The van der Waals surface area contributed by atoms with Gasteiger partial charge in [-0.05, 0) is 25.0 Å². The molecule has 0 spiro atoms. The minimum Gasteiger partial charge on any atom is -0.480 e. The molecule has 2 amide bonds. The van der Waals surface area contributed by atoms with Gasteiger partial charge >= 0.3 is 0 Å². The van der Waals surface area contributed by atoms with Crippen LogP contribution in [0.1, 0.15) is 19.8 Å². The molecule has 0 bridgehead atoms. The van der Waals surface area contributed by atoms with Crippen molar-refractivity contribution >= 4 is 17.5 Å². The summed E-state index contributed by atoms with van der Waals surface area (Å²) >= 11 is 0. The number of aromatic nitrogens is 1. The minimum atomic E-state index is -0.0736. The standard InChI is InChI=1S/C14H19N3O3/c1-10(18)17-8-5-11(6-9-17)13(19)16-12-4-3-7-15-14(12)20-2/h3-4,7,11H,5-6,8-9H2,1-2H3,(H,16,19). The molecule has 6 nitrogen and oxygen atoms in total. The Balaban J connectivity index is 1.94. The molecular weight excluding hydrogens is 258 g/mol. The second-order valence-electron chi connectivity index (χ2n) is 4.83. The Morgan fingerprint density at radius 3 is 2.70 bits per heavy atom. The number of likely N-dealkylation sites (tertiary alicyclic amines) is 1. The van der Waals surface area contributed by atoms with Crippen LogP contribution in [0.2, 0.25) is 0 Å². The molecule has 2 rings (SSSR count). The number of carbonyl (C=O) groups is 2. The fourth-order valence-electron chi connectivity index (χ4n) is 2.34. The van der Waals surface area contributed by atoms with Gasteiger partial charge in [-0.3, -0.25) is 9.59 Å². The number of methoxy groups -OCH3 is 1. The highest BCUT2D eigenvalue weighted by Gasteiger charge is 2.26. The van der Waals surface area contributed by atoms with Crippen LogP contribution >= 0.6 is 0 Å². The first-order valence-corrected chi connectivity index (χ1v) is 6.67. The number of anilines is 1. The van der Waals surface area contributed by atoms with Crippen molar-refractivity contribution in [2.45, 2.75) is 19.8 Å².